The third-order valence-electron chi connectivity index (χ3n) is 1.54. The van der Waals surface area contributed by atoms with E-state index in [9.17, 15) is 0 Å². The first-order chi connectivity index (χ1) is 5.86. The van der Waals surface area contributed by atoms with E-state index in [1.54, 1.807) is 6.33 Å². The number of nitrogens with one attached hydrogen (secondary N) is 1. The second kappa shape index (κ2) is 4.66. The van der Waals surface area contributed by atoms with E-state index in [0.717, 1.165) is 24.5 Å². The fourth-order valence-electron chi connectivity index (χ4n) is 0.888. The van der Waals surface area contributed by atoms with Crippen LogP contribution in [-0.4, -0.2) is 23.1 Å². The van der Waals surface area contributed by atoms with Crippen molar-refractivity contribution in [1.29, 1.82) is 0 Å². The predicted octanol–water partition coefficient (Wildman–Crippen LogP) is 0.410. The Labute approximate surface area is 72.2 Å². The van der Waals surface area contributed by atoms with Crippen LogP contribution in [0.1, 0.15) is 12.6 Å². The zero-order valence-electron chi connectivity index (χ0n) is 7.25. The first-order valence-corrected chi connectivity index (χ1v) is 4.11. The van der Waals surface area contributed by atoms with Crippen molar-refractivity contribution >= 4 is 5.82 Å². The number of hydrogen-bond acceptors (Lipinski definition) is 4. The molecule has 0 fully saturated rings. The molecule has 12 heavy (non-hydrogen) atoms. The van der Waals surface area contributed by atoms with E-state index >= 15 is 0 Å². The van der Waals surface area contributed by atoms with Gasteiger partial charge in [-0.2, -0.15) is 0 Å². The summed E-state index contributed by atoms with van der Waals surface area (Å²) >= 11 is 0. The van der Waals surface area contributed by atoms with Gasteiger partial charge in [-0.25, -0.2) is 9.97 Å². The number of anilines is 1. The van der Waals surface area contributed by atoms with Gasteiger partial charge >= 0.3 is 0 Å². The van der Waals surface area contributed by atoms with Crippen LogP contribution in [-0.2, 0) is 6.42 Å². The van der Waals surface area contributed by atoms with Gasteiger partial charge in [-0.3, -0.25) is 0 Å². The summed E-state index contributed by atoms with van der Waals surface area (Å²) in [5.74, 6) is 0.854. The Kier molecular flexibility index (Phi) is 3.47. The molecule has 1 rings (SSSR count). The van der Waals surface area contributed by atoms with Gasteiger partial charge in [0.15, 0.2) is 0 Å². The van der Waals surface area contributed by atoms with Gasteiger partial charge in [0, 0.05) is 24.8 Å². The summed E-state index contributed by atoms with van der Waals surface area (Å²) in [4.78, 5) is 8.13. The molecule has 0 saturated carbocycles. The molecule has 1 aromatic heterocycles. The minimum absolute atomic E-state index is 0.617. The van der Waals surface area contributed by atoms with E-state index < -0.39 is 0 Å². The van der Waals surface area contributed by atoms with Crippen molar-refractivity contribution in [3.8, 4) is 0 Å². The van der Waals surface area contributed by atoms with Crippen LogP contribution in [0.15, 0.2) is 12.4 Å². The monoisotopic (exact) mass is 166 g/mol. The van der Waals surface area contributed by atoms with Gasteiger partial charge in [-0.15, -0.1) is 0 Å². The van der Waals surface area contributed by atoms with Crippen molar-refractivity contribution in [2.45, 2.75) is 13.3 Å². The number of nitrogens with zero attached hydrogens (tertiary/aromatic N) is 2. The lowest BCUT2D eigenvalue weighted by atomic mass is 10.3. The Morgan fingerprint density at radius 2 is 2.33 bits per heavy atom. The Bertz CT molecular complexity index is 236. The number of aromatic nitrogens is 2. The van der Waals surface area contributed by atoms with E-state index in [1.165, 1.54) is 0 Å². The lowest BCUT2D eigenvalue weighted by Crippen LogP contribution is -2.14. The summed E-state index contributed by atoms with van der Waals surface area (Å²) in [6, 6.07) is 1.94. The van der Waals surface area contributed by atoms with Crippen molar-refractivity contribution < 1.29 is 0 Å². The lowest BCUT2D eigenvalue weighted by Gasteiger charge is -2.03. The highest BCUT2D eigenvalue weighted by Gasteiger charge is 1.94. The standard InChI is InChI=1S/C8H14N4/c1-2-7-5-8(10-4-3-9)12-6-11-7/h5-6H,2-4,9H2,1H3,(H,10,11,12). The van der Waals surface area contributed by atoms with Crippen LogP contribution in [0, 0.1) is 0 Å². The number of aryl methyl sites for hydroxylation is 1. The molecule has 0 aromatic carbocycles. The Morgan fingerprint density at radius 3 is 3.00 bits per heavy atom. The maximum Gasteiger partial charge on any atom is 0.129 e. The summed E-state index contributed by atoms with van der Waals surface area (Å²) in [6.07, 6.45) is 2.50. The van der Waals surface area contributed by atoms with Gasteiger partial charge in [-0.1, -0.05) is 6.92 Å². The number of rotatable bonds is 4. The zero-order valence-corrected chi connectivity index (χ0v) is 7.25. The largest absolute Gasteiger partial charge is 0.369 e. The van der Waals surface area contributed by atoms with Crippen molar-refractivity contribution in [2.24, 2.45) is 5.73 Å². The smallest absolute Gasteiger partial charge is 0.129 e. The fourth-order valence-corrected chi connectivity index (χ4v) is 0.888. The second-order valence-electron chi connectivity index (χ2n) is 2.46. The predicted molar refractivity (Wildman–Crippen MR) is 49.0 cm³/mol. The minimum Gasteiger partial charge on any atom is -0.369 e. The average molecular weight is 166 g/mol. The normalized spacial score (nSPS) is 9.83. The van der Waals surface area contributed by atoms with Gasteiger partial charge < -0.3 is 11.1 Å². The minimum atomic E-state index is 0.617. The molecule has 0 amide bonds. The maximum absolute atomic E-state index is 5.34. The van der Waals surface area contributed by atoms with E-state index in [1.807, 2.05) is 6.07 Å². The third kappa shape index (κ3) is 2.47. The zero-order chi connectivity index (χ0) is 8.81. The molecule has 0 aliphatic heterocycles. The molecule has 4 heteroatoms. The van der Waals surface area contributed by atoms with Crippen molar-refractivity contribution in [1.82, 2.24) is 9.97 Å². The van der Waals surface area contributed by atoms with Gasteiger partial charge in [0.2, 0.25) is 0 Å². The maximum atomic E-state index is 5.34. The highest BCUT2D eigenvalue weighted by atomic mass is 15.0. The van der Waals surface area contributed by atoms with E-state index in [-0.39, 0.29) is 0 Å². The Hall–Kier alpha value is -1.16. The Morgan fingerprint density at radius 1 is 1.50 bits per heavy atom. The van der Waals surface area contributed by atoms with E-state index in [0.29, 0.717) is 6.54 Å². The van der Waals surface area contributed by atoms with Crippen molar-refractivity contribution in [3.63, 3.8) is 0 Å². The summed E-state index contributed by atoms with van der Waals surface area (Å²) in [5, 5.41) is 3.09. The summed E-state index contributed by atoms with van der Waals surface area (Å²) in [6.45, 7) is 3.43. The van der Waals surface area contributed by atoms with Gasteiger partial charge in [-0.05, 0) is 6.42 Å². The number of hydrogen-bond donors (Lipinski definition) is 2. The molecular weight excluding hydrogens is 152 g/mol. The van der Waals surface area contributed by atoms with Crippen LogP contribution in [0.3, 0.4) is 0 Å². The molecule has 0 bridgehead atoms. The molecular formula is C8H14N4. The van der Waals surface area contributed by atoms with Crippen LogP contribution in [0.4, 0.5) is 5.82 Å². The molecule has 0 aliphatic rings. The summed E-state index contributed by atoms with van der Waals surface area (Å²) in [5.41, 5.74) is 6.39. The molecule has 0 radical (unpaired) electrons. The van der Waals surface area contributed by atoms with Crippen LogP contribution in [0.2, 0.25) is 0 Å². The molecule has 4 nitrogen and oxygen atoms in total. The van der Waals surface area contributed by atoms with Crippen LogP contribution >= 0.6 is 0 Å². The first-order valence-electron chi connectivity index (χ1n) is 4.11. The molecule has 0 unspecified atom stereocenters. The van der Waals surface area contributed by atoms with E-state index in [2.05, 4.69) is 22.2 Å². The molecule has 1 aromatic rings. The second-order valence-corrected chi connectivity index (χ2v) is 2.46. The van der Waals surface area contributed by atoms with Gasteiger partial charge in [0.25, 0.3) is 0 Å². The number of nitrogens with two attached hydrogens (primary N) is 1. The summed E-state index contributed by atoms with van der Waals surface area (Å²) in [7, 11) is 0. The van der Waals surface area contributed by atoms with Crippen LogP contribution in [0.25, 0.3) is 0 Å². The SMILES string of the molecule is CCc1cc(NCCN)ncn1. The first kappa shape index (κ1) is 8.93. The topological polar surface area (TPSA) is 63.8 Å². The van der Waals surface area contributed by atoms with Gasteiger partial charge in [0.05, 0.1) is 0 Å². The van der Waals surface area contributed by atoms with Crippen LogP contribution in [0.5, 0.6) is 0 Å². The van der Waals surface area contributed by atoms with Crippen LogP contribution < -0.4 is 11.1 Å². The van der Waals surface area contributed by atoms with Gasteiger partial charge in [0.1, 0.15) is 12.1 Å². The Balaban J connectivity index is 2.60. The lowest BCUT2D eigenvalue weighted by molar-refractivity contribution is 0.970. The molecule has 1 heterocycles. The van der Waals surface area contributed by atoms with Crippen molar-refractivity contribution in [2.75, 3.05) is 18.4 Å². The highest BCUT2D eigenvalue weighted by Crippen LogP contribution is 2.02. The van der Waals surface area contributed by atoms with Crippen molar-refractivity contribution in [3.05, 3.63) is 18.1 Å². The fraction of sp³-hybridized carbons (Fsp3) is 0.500. The quantitative estimate of drug-likeness (QED) is 0.680. The van der Waals surface area contributed by atoms with E-state index in [4.69, 9.17) is 5.73 Å². The molecule has 0 saturated heterocycles. The average Bonchev–Trinajstić information content (AvgIpc) is 2.15. The molecule has 0 atom stereocenters. The highest BCUT2D eigenvalue weighted by molar-refractivity contribution is 5.34. The molecule has 0 spiro atoms. The molecule has 66 valence electrons. The summed E-state index contributed by atoms with van der Waals surface area (Å²) < 4.78 is 0. The molecule has 0 aliphatic carbocycles. The third-order valence-corrected chi connectivity index (χ3v) is 1.54. The molecule has 3 N–H and O–H groups in total.